The molecule has 2 aliphatic heterocycles. The highest BCUT2D eigenvalue weighted by molar-refractivity contribution is 5.78. The Morgan fingerprint density at radius 3 is 2.23 bits per heavy atom. The van der Waals surface area contributed by atoms with Crippen molar-refractivity contribution in [2.24, 2.45) is 0 Å². The van der Waals surface area contributed by atoms with Crippen LogP contribution in [0.1, 0.15) is 19.3 Å². The van der Waals surface area contributed by atoms with Gasteiger partial charge in [-0.1, -0.05) is 6.42 Å². The van der Waals surface area contributed by atoms with Gasteiger partial charge in [0.05, 0.1) is 12.2 Å². The van der Waals surface area contributed by atoms with Crippen molar-refractivity contribution in [3.05, 3.63) is 36.7 Å². The molecule has 1 aliphatic carbocycles. The fraction of sp³-hybridized carbons (Fsp3) is 0.565. The SMILES string of the molecule is O=C(CN1CCN(c2ccc(-c3ccncc3)nn2)CC1)N1CCN(C2CCC2)CC1. The summed E-state index contributed by atoms with van der Waals surface area (Å²) in [7, 11) is 0. The van der Waals surface area contributed by atoms with E-state index in [1.165, 1.54) is 19.3 Å². The Hall–Kier alpha value is -2.58. The van der Waals surface area contributed by atoms with Crippen molar-refractivity contribution in [1.82, 2.24) is 29.9 Å². The van der Waals surface area contributed by atoms with Crippen molar-refractivity contribution in [3.63, 3.8) is 0 Å². The Balaban J connectivity index is 1.08. The summed E-state index contributed by atoms with van der Waals surface area (Å²) in [5, 5.41) is 8.81. The molecule has 3 aliphatic rings. The lowest BCUT2D eigenvalue weighted by Crippen LogP contribution is -2.56. The van der Waals surface area contributed by atoms with Crippen LogP contribution in [0.15, 0.2) is 36.7 Å². The largest absolute Gasteiger partial charge is 0.353 e. The highest BCUT2D eigenvalue weighted by Crippen LogP contribution is 2.25. The van der Waals surface area contributed by atoms with E-state index in [9.17, 15) is 4.79 Å². The maximum Gasteiger partial charge on any atom is 0.236 e. The lowest BCUT2D eigenvalue weighted by atomic mass is 9.91. The number of carbonyl (C=O) groups excluding carboxylic acids is 1. The summed E-state index contributed by atoms with van der Waals surface area (Å²) in [5.74, 6) is 1.18. The molecule has 0 unspecified atom stereocenters. The van der Waals surface area contributed by atoms with Gasteiger partial charge >= 0.3 is 0 Å². The Kier molecular flexibility index (Phi) is 6.08. The fourth-order valence-electron chi connectivity index (χ4n) is 4.69. The normalized spacial score (nSPS) is 21.2. The molecule has 1 saturated carbocycles. The summed E-state index contributed by atoms with van der Waals surface area (Å²) in [6.07, 6.45) is 7.58. The number of piperazine rings is 2. The predicted molar refractivity (Wildman–Crippen MR) is 120 cm³/mol. The molecular weight excluding hydrogens is 390 g/mol. The van der Waals surface area contributed by atoms with E-state index in [1.54, 1.807) is 12.4 Å². The molecule has 1 amide bonds. The van der Waals surface area contributed by atoms with Crippen LogP contribution in [-0.4, -0.2) is 101 Å². The van der Waals surface area contributed by atoms with Crippen LogP contribution in [0.2, 0.25) is 0 Å². The highest BCUT2D eigenvalue weighted by Gasteiger charge is 2.30. The first kappa shape index (κ1) is 20.3. The molecule has 0 N–H and O–H groups in total. The summed E-state index contributed by atoms with van der Waals surface area (Å²) in [5.41, 5.74) is 1.87. The molecule has 31 heavy (non-hydrogen) atoms. The van der Waals surface area contributed by atoms with Crippen molar-refractivity contribution < 1.29 is 4.79 Å². The maximum absolute atomic E-state index is 12.8. The van der Waals surface area contributed by atoms with Gasteiger partial charge in [0.15, 0.2) is 5.82 Å². The Morgan fingerprint density at radius 1 is 0.871 bits per heavy atom. The first-order valence-corrected chi connectivity index (χ1v) is 11.5. The highest BCUT2D eigenvalue weighted by atomic mass is 16.2. The Labute approximate surface area is 183 Å². The number of anilines is 1. The number of nitrogens with zero attached hydrogens (tertiary/aromatic N) is 7. The number of amides is 1. The molecule has 2 aromatic heterocycles. The van der Waals surface area contributed by atoms with Crippen LogP contribution in [0.4, 0.5) is 5.82 Å². The lowest BCUT2D eigenvalue weighted by Gasteiger charge is -2.43. The van der Waals surface area contributed by atoms with Gasteiger partial charge in [-0.25, -0.2) is 0 Å². The average molecular weight is 422 g/mol. The number of hydrogen-bond donors (Lipinski definition) is 0. The van der Waals surface area contributed by atoms with Crippen LogP contribution >= 0.6 is 0 Å². The predicted octanol–water partition coefficient (Wildman–Crippen LogP) is 1.36. The molecule has 0 atom stereocenters. The summed E-state index contributed by atoms with van der Waals surface area (Å²) in [6, 6.07) is 8.70. The Morgan fingerprint density at radius 2 is 1.61 bits per heavy atom. The monoisotopic (exact) mass is 421 g/mol. The average Bonchev–Trinajstić information content (AvgIpc) is 2.80. The van der Waals surface area contributed by atoms with E-state index < -0.39 is 0 Å². The molecular formula is C23H31N7O. The van der Waals surface area contributed by atoms with Crippen LogP contribution < -0.4 is 4.90 Å². The number of pyridine rings is 1. The van der Waals surface area contributed by atoms with Crippen LogP contribution in [0.3, 0.4) is 0 Å². The van der Waals surface area contributed by atoms with Crippen LogP contribution in [0.25, 0.3) is 11.3 Å². The first-order valence-electron chi connectivity index (χ1n) is 11.5. The van der Waals surface area contributed by atoms with Gasteiger partial charge in [0, 0.05) is 76.4 Å². The van der Waals surface area contributed by atoms with Gasteiger partial charge in [-0.3, -0.25) is 19.6 Å². The first-order chi connectivity index (χ1) is 15.3. The quantitative estimate of drug-likeness (QED) is 0.722. The van der Waals surface area contributed by atoms with Crippen molar-refractivity contribution in [2.45, 2.75) is 25.3 Å². The van der Waals surface area contributed by atoms with Crippen LogP contribution in [0, 0.1) is 0 Å². The number of carbonyl (C=O) groups is 1. The Bertz CT molecular complexity index is 855. The van der Waals surface area contributed by atoms with Gasteiger partial charge in [0.1, 0.15) is 0 Å². The van der Waals surface area contributed by atoms with Crippen molar-refractivity contribution >= 4 is 11.7 Å². The lowest BCUT2D eigenvalue weighted by molar-refractivity contribution is -0.134. The zero-order valence-corrected chi connectivity index (χ0v) is 18.1. The molecule has 0 bridgehead atoms. The van der Waals surface area contributed by atoms with Gasteiger partial charge in [-0.05, 0) is 37.1 Å². The molecule has 4 heterocycles. The number of aromatic nitrogens is 3. The van der Waals surface area contributed by atoms with Crippen molar-refractivity contribution in [2.75, 3.05) is 63.8 Å². The number of rotatable bonds is 5. The minimum absolute atomic E-state index is 0.281. The molecule has 3 fully saturated rings. The summed E-state index contributed by atoms with van der Waals surface area (Å²) in [6.45, 7) is 7.87. The van der Waals surface area contributed by atoms with Gasteiger partial charge in [0.2, 0.25) is 5.91 Å². The van der Waals surface area contributed by atoms with Gasteiger partial charge in [-0.2, -0.15) is 0 Å². The molecule has 164 valence electrons. The molecule has 8 nitrogen and oxygen atoms in total. The maximum atomic E-state index is 12.8. The molecule has 0 spiro atoms. The standard InChI is InChI=1S/C23H31N7O/c31-23(30-16-14-28(15-17-30)20-2-1-3-20)18-27-10-12-29(13-11-27)22-5-4-21(25-26-22)19-6-8-24-9-7-19/h4-9,20H,1-3,10-18H2. The summed E-state index contributed by atoms with van der Waals surface area (Å²) >= 11 is 0. The molecule has 0 aromatic carbocycles. The van der Waals surface area contributed by atoms with E-state index in [1.807, 2.05) is 24.3 Å². The minimum Gasteiger partial charge on any atom is -0.353 e. The molecule has 5 rings (SSSR count). The number of hydrogen-bond acceptors (Lipinski definition) is 7. The van der Waals surface area contributed by atoms with E-state index in [4.69, 9.17) is 0 Å². The fourth-order valence-corrected chi connectivity index (χ4v) is 4.69. The smallest absolute Gasteiger partial charge is 0.236 e. The van der Waals surface area contributed by atoms with E-state index in [0.717, 1.165) is 75.5 Å². The molecule has 0 radical (unpaired) electrons. The third-order valence-corrected chi connectivity index (χ3v) is 6.94. The van der Waals surface area contributed by atoms with Crippen molar-refractivity contribution in [1.29, 1.82) is 0 Å². The van der Waals surface area contributed by atoms with Gasteiger partial charge < -0.3 is 9.80 Å². The summed E-state index contributed by atoms with van der Waals surface area (Å²) < 4.78 is 0. The zero-order chi connectivity index (χ0) is 21.0. The van der Waals surface area contributed by atoms with Crippen molar-refractivity contribution in [3.8, 4) is 11.3 Å². The van der Waals surface area contributed by atoms with Crippen LogP contribution in [0.5, 0.6) is 0 Å². The van der Waals surface area contributed by atoms with Gasteiger partial charge in [-0.15, -0.1) is 10.2 Å². The zero-order valence-electron chi connectivity index (χ0n) is 18.1. The van der Waals surface area contributed by atoms with E-state index in [2.05, 4.69) is 34.8 Å². The third kappa shape index (κ3) is 4.70. The van der Waals surface area contributed by atoms with Crippen LogP contribution in [-0.2, 0) is 4.79 Å². The topological polar surface area (TPSA) is 68.7 Å². The van der Waals surface area contributed by atoms with E-state index in [-0.39, 0.29) is 5.91 Å². The second kappa shape index (κ2) is 9.28. The minimum atomic E-state index is 0.281. The van der Waals surface area contributed by atoms with E-state index >= 15 is 0 Å². The molecule has 2 aromatic rings. The molecule has 8 heteroatoms. The third-order valence-electron chi connectivity index (χ3n) is 6.94. The molecule has 2 saturated heterocycles. The van der Waals surface area contributed by atoms with E-state index in [0.29, 0.717) is 6.54 Å². The van der Waals surface area contributed by atoms with Gasteiger partial charge in [0.25, 0.3) is 0 Å². The summed E-state index contributed by atoms with van der Waals surface area (Å²) in [4.78, 5) is 26.0. The second-order valence-corrected chi connectivity index (χ2v) is 8.78. The second-order valence-electron chi connectivity index (χ2n) is 8.78.